The predicted molar refractivity (Wildman–Crippen MR) is 89.0 cm³/mol. The topological polar surface area (TPSA) is 0 Å². The standard InChI is InChI=1S/C19H13F3S/c1-2-3-12-4-6-14(16(20)10-12)13-5-7-15(17(21)11-13)18-8-9-19(22)23-18/h2,4-11H,1,3H2. The van der Waals surface area contributed by atoms with Crippen molar-refractivity contribution in [3.8, 4) is 21.6 Å². The quantitative estimate of drug-likeness (QED) is 0.498. The molecule has 0 atom stereocenters. The zero-order valence-electron chi connectivity index (χ0n) is 12.2. The van der Waals surface area contributed by atoms with E-state index in [0.717, 1.165) is 16.9 Å². The number of thiophene rings is 1. The minimum Gasteiger partial charge on any atom is -0.206 e. The van der Waals surface area contributed by atoms with Gasteiger partial charge in [0.15, 0.2) is 5.13 Å². The van der Waals surface area contributed by atoms with Crippen molar-refractivity contribution < 1.29 is 13.2 Å². The van der Waals surface area contributed by atoms with Crippen LogP contribution in [-0.2, 0) is 6.42 Å². The smallest absolute Gasteiger partial charge is 0.176 e. The molecule has 0 aliphatic heterocycles. The van der Waals surface area contributed by atoms with E-state index in [1.54, 1.807) is 30.3 Å². The summed E-state index contributed by atoms with van der Waals surface area (Å²) < 4.78 is 41.6. The van der Waals surface area contributed by atoms with Gasteiger partial charge < -0.3 is 0 Å². The van der Waals surface area contributed by atoms with Crippen LogP contribution in [0.15, 0.2) is 61.2 Å². The third kappa shape index (κ3) is 3.22. The second-order valence-corrected chi connectivity index (χ2v) is 6.14. The van der Waals surface area contributed by atoms with Crippen molar-refractivity contribution in [2.24, 2.45) is 0 Å². The van der Waals surface area contributed by atoms with Crippen LogP contribution in [0.4, 0.5) is 13.2 Å². The van der Waals surface area contributed by atoms with Gasteiger partial charge >= 0.3 is 0 Å². The minimum absolute atomic E-state index is 0.311. The minimum atomic E-state index is -0.501. The molecule has 0 radical (unpaired) electrons. The largest absolute Gasteiger partial charge is 0.206 e. The van der Waals surface area contributed by atoms with Gasteiger partial charge in [0.25, 0.3) is 0 Å². The van der Waals surface area contributed by atoms with Gasteiger partial charge in [0, 0.05) is 16.0 Å². The Morgan fingerprint density at radius 3 is 2.22 bits per heavy atom. The number of benzene rings is 2. The molecule has 0 aliphatic rings. The summed E-state index contributed by atoms with van der Waals surface area (Å²) in [7, 11) is 0. The number of hydrogen-bond acceptors (Lipinski definition) is 1. The summed E-state index contributed by atoms with van der Waals surface area (Å²) in [6, 6.07) is 12.1. The van der Waals surface area contributed by atoms with Crippen LogP contribution in [0.2, 0.25) is 0 Å². The van der Waals surface area contributed by atoms with Crippen molar-refractivity contribution >= 4 is 11.3 Å². The third-order valence-corrected chi connectivity index (χ3v) is 4.44. The highest BCUT2D eigenvalue weighted by Gasteiger charge is 2.12. The highest BCUT2D eigenvalue weighted by Crippen LogP contribution is 2.33. The van der Waals surface area contributed by atoms with Gasteiger partial charge in [-0.2, -0.15) is 4.39 Å². The Morgan fingerprint density at radius 2 is 1.61 bits per heavy atom. The van der Waals surface area contributed by atoms with Crippen LogP contribution in [0.1, 0.15) is 5.56 Å². The van der Waals surface area contributed by atoms with E-state index >= 15 is 0 Å². The number of rotatable bonds is 4. The lowest BCUT2D eigenvalue weighted by Crippen LogP contribution is -1.90. The van der Waals surface area contributed by atoms with E-state index in [-0.39, 0.29) is 5.13 Å². The lowest BCUT2D eigenvalue weighted by molar-refractivity contribution is 0.626. The molecule has 0 fully saturated rings. The Labute approximate surface area is 136 Å². The molecule has 0 amide bonds. The van der Waals surface area contributed by atoms with Crippen LogP contribution in [0, 0.1) is 16.8 Å². The molecule has 3 aromatic rings. The van der Waals surface area contributed by atoms with E-state index in [2.05, 4.69) is 6.58 Å². The van der Waals surface area contributed by atoms with Crippen LogP contribution in [-0.4, -0.2) is 0 Å². The Balaban J connectivity index is 1.98. The molecule has 0 spiro atoms. The van der Waals surface area contributed by atoms with Gasteiger partial charge in [0.2, 0.25) is 0 Å². The molecule has 0 saturated heterocycles. The average Bonchev–Trinajstić information content (AvgIpc) is 2.94. The summed E-state index contributed by atoms with van der Waals surface area (Å²) in [4.78, 5) is 0.508. The van der Waals surface area contributed by atoms with E-state index in [1.165, 1.54) is 24.3 Å². The highest BCUT2D eigenvalue weighted by molar-refractivity contribution is 7.13. The normalized spacial score (nSPS) is 10.7. The van der Waals surface area contributed by atoms with E-state index in [9.17, 15) is 13.2 Å². The van der Waals surface area contributed by atoms with E-state index < -0.39 is 11.6 Å². The summed E-state index contributed by atoms with van der Waals surface area (Å²) in [5.74, 6) is -0.905. The SMILES string of the molecule is C=CCc1ccc(-c2ccc(-c3ccc(F)s3)c(F)c2)c(F)c1. The first-order chi connectivity index (χ1) is 11.1. The van der Waals surface area contributed by atoms with Crippen molar-refractivity contribution in [3.63, 3.8) is 0 Å². The van der Waals surface area contributed by atoms with Crippen molar-refractivity contribution in [3.05, 3.63) is 83.5 Å². The molecule has 1 heterocycles. The fraction of sp³-hybridized carbons (Fsp3) is 0.0526. The molecule has 0 N–H and O–H groups in total. The van der Waals surface area contributed by atoms with Crippen molar-refractivity contribution in [1.29, 1.82) is 0 Å². The molecule has 0 aliphatic carbocycles. The maximum absolute atomic E-state index is 14.3. The second-order valence-electron chi connectivity index (χ2n) is 5.11. The monoisotopic (exact) mass is 330 g/mol. The zero-order valence-corrected chi connectivity index (χ0v) is 13.0. The number of allylic oxidation sites excluding steroid dienone is 1. The summed E-state index contributed by atoms with van der Waals surface area (Å²) in [6.07, 6.45) is 2.28. The first-order valence-electron chi connectivity index (χ1n) is 7.03. The summed E-state index contributed by atoms with van der Waals surface area (Å²) in [5.41, 5.74) is 1.91. The lowest BCUT2D eigenvalue weighted by Gasteiger charge is -2.08. The molecule has 2 aromatic carbocycles. The third-order valence-electron chi connectivity index (χ3n) is 3.53. The first kappa shape index (κ1) is 15.6. The number of hydrogen-bond donors (Lipinski definition) is 0. The molecule has 0 unspecified atom stereocenters. The zero-order chi connectivity index (χ0) is 16.4. The molecule has 3 rings (SSSR count). The van der Waals surface area contributed by atoms with Gasteiger partial charge in [-0.05, 0) is 47.9 Å². The van der Waals surface area contributed by atoms with Gasteiger partial charge in [-0.1, -0.05) is 24.3 Å². The first-order valence-corrected chi connectivity index (χ1v) is 7.85. The van der Waals surface area contributed by atoms with Crippen molar-refractivity contribution in [2.75, 3.05) is 0 Å². The summed E-state index contributed by atoms with van der Waals surface area (Å²) >= 11 is 0.877. The Morgan fingerprint density at radius 1 is 0.870 bits per heavy atom. The molecule has 0 nitrogen and oxygen atoms in total. The second kappa shape index (κ2) is 6.42. The molecule has 4 heteroatoms. The predicted octanol–water partition coefficient (Wildman–Crippen LogP) is 6.23. The Bertz CT molecular complexity index is 865. The van der Waals surface area contributed by atoms with Gasteiger partial charge in [0.05, 0.1) is 0 Å². The molecular weight excluding hydrogens is 317 g/mol. The molecule has 0 bridgehead atoms. The van der Waals surface area contributed by atoms with Gasteiger partial charge in [-0.15, -0.1) is 17.9 Å². The van der Waals surface area contributed by atoms with Gasteiger partial charge in [0.1, 0.15) is 11.6 Å². The molecule has 23 heavy (non-hydrogen) atoms. The summed E-state index contributed by atoms with van der Waals surface area (Å²) in [6.45, 7) is 3.62. The average molecular weight is 330 g/mol. The van der Waals surface area contributed by atoms with Crippen LogP contribution >= 0.6 is 11.3 Å². The Hall–Kier alpha value is -2.33. The molecule has 1 aromatic heterocycles. The van der Waals surface area contributed by atoms with Crippen LogP contribution in [0.25, 0.3) is 21.6 Å². The summed E-state index contributed by atoms with van der Waals surface area (Å²) in [5, 5.41) is -0.368. The Kier molecular flexibility index (Phi) is 4.35. The van der Waals surface area contributed by atoms with Crippen molar-refractivity contribution in [2.45, 2.75) is 6.42 Å². The number of halogens is 3. The molecular formula is C19H13F3S. The lowest BCUT2D eigenvalue weighted by atomic mass is 10.00. The maximum atomic E-state index is 14.3. The highest BCUT2D eigenvalue weighted by atomic mass is 32.1. The fourth-order valence-corrected chi connectivity index (χ4v) is 3.19. The van der Waals surface area contributed by atoms with Gasteiger partial charge in [-0.25, -0.2) is 8.78 Å². The molecule has 116 valence electrons. The van der Waals surface area contributed by atoms with E-state index in [1.807, 2.05) is 0 Å². The molecule has 0 saturated carbocycles. The van der Waals surface area contributed by atoms with Crippen molar-refractivity contribution in [1.82, 2.24) is 0 Å². The van der Waals surface area contributed by atoms with Crippen LogP contribution < -0.4 is 0 Å². The van der Waals surface area contributed by atoms with Crippen LogP contribution in [0.5, 0.6) is 0 Å². The maximum Gasteiger partial charge on any atom is 0.176 e. The van der Waals surface area contributed by atoms with E-state index in [4.69, 9.17) is 0 Å². The van der Waals surface area contributed by atoms with Crippen LogP contribution in [0.3, 0.4) is 0 Å². The van der Waals surface area contributed by atoms with E-state index in [0.29, 0.717) is 28.0 Å². The van der Waals surface area contributed by atoms with Gasteiger partial charge in [-0.3, -0.25) is 0 Å². The fourth-order valence-electron chi connectivity index (χ4n) is 2.43.